The van der Waals surface area contributed by atoms with Gasteiger partial charge < -0.3 is 9.30 Å². The summed E-state index contributed by atoms with van der Waals surface area (Å²) in [6.45, 7) is 3.97. The first-order valence-electron chi connectivity index (χ1n) is 8.79. The lowest BCUT2D eigenvalue weighted by molar-refractivity contribution is 0.0351. The Labute approximate surface area is 180 Å². The molecular weight excluding hydrogens is 454 g/mol. The fourth-order valence-corrected chi connectivity index (χ4v) is 5.37. The first-order valence-corrected chi connectivity index (χ1v) is 11.3. The van der Waals surface area contributed by atoms with Crippen molar-refractivity contribution in [2.45, 2.75) is 20.0 Å². The SMILES string of the molecule is Cc1ccc(-c2csc(C(=O)O[C@H](C)c3cc(Br)cs3)c2-n2cccc2)cc1. The predicted molar refractivity (Wildman–Crippen MR) is 120 cm³/mol. The number of aromatic nitrogens is 1. The number of thiophene rings is 2. The van der Waals surface area contributed by atoms with Gasteiger partial charge in [-0.2, -0.15) is 0 Å². The molecule has 142 valence electrons. The number of carbonyl (C=O) groups excluding carboxylic acids is 1. The summed E-state index contributed by atoms with van der Waals surface area (Å²) in [5.41, 5.74) is 4.18. The summed E-state index contributed by atoms with van der Waals surface area (Å²) in [7, 11) is 0. The van der Waals surface area contributed by atoms with E-state index < -0.39 is 0 Å². The summed E-state index contributed by atoms with van der Waals surface area (Å²) >= 11 is 6.45. The van der Waals surface area contributed by atoms with Crippen molar-refractivity contribution < 1.29 is 9.53 Å². The molecule has 4 rings (SSSR count). The summed E-state index contributed by atoms with van der Waals surface area (Å²) < 4.78 is 8.77. The number of halogens is 1. The lowest BCUT2D eigenvalue weighted by atomic mass is 10.1. The third kappa shape index (κ3) is 3.85. The van der Waals surface area contributed by atoms with E-state index >= 15 is 0 Å². The van der Waals surface area contributed by atoms with Gasteiger partial charge in [0.05, 0.1) is 5.69 Å². The van der Waals surface area contributed by atoms with Crippen molar-refractivity contribution >= 4 is 44.6 Å². The average molecular weight is 472 g/mol. The number of aryl methyl sites for hydroxylation is 1. The molecular formula is C22H18BrNO2S2. The Bertz CT molecular complexity index is 1090. The second-order valence-corrected chi connectivity index (χ2v) is 9.24. The maximum absolute atomic E-state index is 13.0. The molecule has 3 nitrogen and oxygen atoms in total. The predicted octanol–water partition coefficient (Wildman–Crippen LogP) is 7.26. The van der Waals surface area contributed by atoms with Crippen LogP contribution in [0.5, 0.6) is 0 Å². The van der Waals surface area contributed by atoms with E-state index in [1.165, 1.54) is 16.9 Å². The highest BCUT2D eigenvalue weighted by Gasteiger charge is 2.24. The van der Waals surface area contributed by atoms with Crippen LogP contribution in [0.3, 0.4) is 0 Å². The van der Waals surface area contributed by atoms with Gasteiger partial charge in [-0.3, -0.25) is 0 Å². The van der Waals surface area contributed by atoms with Crippen molar-refractivity contribution in [1.82, 2.24) is 4.57 Å². The molecule has 0 unspecified atom stereocenters. The number of benzene rings is 1. The van der Waals surface area contributed by atoms with E-state index in [1.807, 2.05) is 52.8 Å². The molecule has 0 fully saturated rings. The number of carbonyl (C=O) groups is 1. The largest absolute Gasteiger partial charge is 0.453 e. The summed E-state index contributed by atoms with van der Waals surface area (Å²) in [5.74, 6) is -0.302. The summed E-state index contributed by atoms with van der Waals surface area (Å²) in [6.07, 6.45) is 3.61. The molecule has 0 saturated heterocycles. The average Bonchev–Trinajstić information content (AvgIpc) is 3.42. The van der Waals surface area contributed by atoms with E-state index in [1.54, 1.807) is 11.3 Å². The molecule has 0 bridgehead atoms. The van der Waals surface area contributed by atoms with Crippen LogP contribution in [0.4, 0.5) is 0 Å². The second-order valence-electron chi connectivity index (χ2n) is 6.50. The smallest absolute Gasteiger partial charge is 0.351 e. The van der Waals surface area contributed by atoms with Crippen LogP contribution in [-0.4, -0.2) is 10.5 Å². The van der Waals surface area contributed by atoms with Gasteiger partial charge >= 0.3 is 5.97 Å². The first-order chi connectivity index (χ1) is 13.5. The summed E-state index contributed by atoms with van der Waals surface area (Å²) in [6, 6.07) is 14.2. The van der Waals surface area contributed by atoms with Crippen LogP contribution in [0, 0.1) is 6.92 Å². The van der Waals surface area contributed by atoms with Gasteiger partial charge in [0.2, 0.25) is 0 Å². The molecule has 28 heavy (non-hydrogen) atoms. The zero-order valence-corrected chi connectivity index (χ0v) is 18.6. The third-order valence-electron chi connectivity index (χ3n) is 4.45. The van der Waals surface area contributed by atoms with Crippen LogP contribution in [0.15, 0.2) is 70.1 Å². The van der Waals surface area contributed by atoms with Crippen LogP contribution < -0.4 is 0 Å². The molecule has 1 aromatic carbocycles. The lowest BCUT2D eigenvalue weighted by Crippen LogP contribution is -2.09. The molecule has 1 atom stereocenters. The number of hydrogen-bond donors (Lipinski definition) is 0. The van der Waals surface area contributed by atoms with E-state index in [-0.39, 0.29) is 12.1 Å². The Kier molecular flexibility index (Phi) is 5.53. The maximum Gasteiger partial charge on any atom is 0.351 e. The van der Waals surface area contributed by atoms with Gasteiger partial charge in [-0.05, 0) is 53.5 Å². The van der Waals surface area contributed by atoms with Crippen molar-refractivity contribution in [3.63, 3.8) is 0 Å². The molecule has 0 N–H and O–H groups in total. The van der Waals surface area contributed by atoms with Gasteiger partial charge in [-0.1, -0.05) is 29.8 Å². The lowest BCUT2D eigenvalue weighted by Gasteiger charge is -2.13. The quantitative estimate of drug-likeness (QED) is 0.286. The van der Waals surface area contributed by atoms with Crippen molar-refractivity contribution in [3.8, 4) is 16.8 Å². The number of hydrogen-bond acceptors (Lipinski definition) is 4. The Balaban J connectivity index is 1.70. The molecule has 0 saturated carbocycles. The zero-order chi connectivity index (χ0) is 19.7. The van der Waals surface area contributed by atoms with Gasteiger partial charge in [0.25, 0.3) is 0 Å². The van der Waals surface area contributed by atoms with E-state index in [0.29, 0.717) is 4.88 Å². The van der Waals surface area contributed by atoms with Crippen LogP contribution in [-0.2, 0) is 4.74 Å². The highest BCUT2D eigenvalue weighted by Crippen LogP contribution is 2.37. The van der Waals surface area contributed by atoms with E-state index in [9.17, 15) is 4.79 Å². The highest BCUT2D eigenvalue weighted by atomic mass is 79.9. The van der Waals surface area contributed by atoms with E-state index in [0.717, 1.165) is 26.2 Å². The van der Waals surface area contributed by atoms with Gasteiger partial charge in [-0.15, -0.1) is 22.7 Å². The Morgan fingerprint density at radius 2 is 1.82 bits per heavy atom. The number of rotatable bonds is 5. The number of nitrogens with zero attached hydrogens (tertiary/aromatic N) is 1. The highest BCUT2D eigenvalue weighted by molar-refractivity contribution is 9.10. The first kappa shape index (κ1) is 19.2. The van der Waals surface area contributed by atoms with Crippen molar-refractivity contribution in [1.29, 1.82) is 0 Å². The van der Waals surface area contributed by atoms with Gasteiger partial charge in [0.15, 0.2) is 0 Å². The van der Waals surface area contributed by atoms with E-state index in [2.05, 4.69) is 47.1 Å². The molecule has 0 aliphatic rings. The minimum Gasteiger partial charge on any atom is -0.453 e. The van der Waals surface area contributed by atoms with Crippen molar-refractivity contribution in [2.24, 2.45) is 0 Å². The molecule has 0 spiro atoms. The van der Waals surface area contributed by atoms with Gasteiger partial charge in [-0.25, -0.2) is 4.79 Å². The molecule has 3 aromatic heterocycles. The molecule has 4 aromatic rings. The number of ether oxygens (including phenoxy) is 1. The van der Waals surface area contributed by atoms with Crippen LogP contribution in [0.25, 0.3) is 16.8 Å². The number of esters is 1. The molecule has 0 amide bonds. The molecule has 3 heterocycles. The molecule has 0 aliphatic heterocycles. The minimum atomic E-state index is -0.302. The fraction of sp³-hybridized carbons (Fsp3) is 0.136. The van der Waals surface area contributed by atoms with Crippen LogP contribution in [0.1, 0.15) is 33.1 Å². The maximum atomic E-state index is 13.0. The van der Waals surface area contributed by atoms with Crippen LogP contribution in [0.2, 0.25) is 0 Å². The Hall–Kier alpha value is -2.15. The second kappa shape index (κ2) is 8.07. The van der Waals surface area contributed by atoms with Crippen LogP contribution >= 0.6 is 38.6 Å². The molecule has 0 aliphatic carbocycles. The third-order valence-corrected chi connectivity index (χ3v) is 7.25. The molecule has 6 heteroatoms. The van der Waals surface area contributed by atoms with Crippen molar-refractivity contribution in [3.05, 3.63) is 85.4 Å². The topological polar surface area (TPSA) is 31.2 Å². The summed E-state index contributed by atoms with van der Waals surface area (Å²) in [4.78, 5) is 14.6. The molecule has 0 radical (unpaired) electrons. The Morgan fingerprint density at radius 1 is 1.11 bits per heavy atom. The normalized spacial score (nSPS) is 12.1. The Morgan fingerprint density at radius 3 is 2.46 bits per heavy atom. The monoisotopic (exact) mass is 471 g/mol. The zero-order valence-electron chi connectivity index (χ0n) is 15.4. The minimum absolute atomic E-state index is 0.300. The van der Waals surface area contributed by atoms with Gasteiger partial charge in [0.1, 0.15) is 11.0 Å². The van der Waals surface area contributed by atoms with Crippen molar-refractivity contribution in [2.75, 3.05) is 0 Å². The summed E-state index contributed by atoms with van der Waals surface area (Å²) in [5, 5.41) is 4.02. The fourth-order valence-electron chi connectivity index (χ4n) is 2.99. The van der Waals surface area contributed by atoms with Gasteiger partial charge in [0, 0.05) is 38.1 Å². The van der Waals surface area contributed by atoms with E-state index in [4.69, 9.17) is 4.74 Å². The standard InChI is InChI=1S/C22H18BrNO2S2/c1-14-5-7-16(8-6-14)18-13-28-21(20(18)24-9-3-4-10-24)22(25)26-15(2)19-11-17(23)12-27-19/h3-13,15H,1-2H3/t15-/m1/s1.